The summed E-state index contributed by atoms with van der Waals surface area (Å²) in [5.41, 5.74) is 1.09. The highest BCUT2D eigenvalue weighted by atomic mass is 35.5. The summed E-state index contributed by atoms with van der Waals surface area (Å²) in [4.78, 5) is 12.4. The lowest BCUT2D eigenvalue weighted by atomic mass is 9.89. The smallest absolute Gasteiger partial charge is 0.166 e. The molecule has 1 aliphatic heterocycles. The highest BCUT2D eigenvalue weighted by molar-refractivity contribution is 6.31. The number of Topliss-reactive ketones (excluding diaryl/α,β-unsaturated/α-hetero) is 1. The van der Waals surface area contributed by atoms with E-state index in [2.05, 4.69) is 5.32 Å². The second-order valence-corrected chi connectivity index (χ2v) is 5.68. The molecule has 1 heterocycles. The Morgan fingerprint density at radius 1 is 1.35 bits per heavy atom. The molecule has 0 amide bonds. The van der Waals surface area contributed by atoms with Gasteiger partial charge < -0.3 is 5.32 Å². The van der Waals surface area contributed by atoms with Gasteiger partial charge in [-0.1, -0.05) is 23.7 Å². The van der Waals surface area contributed by atoms with Crippen LogP contribution in [0.4, 0.5) is 0 Å². The molecule has 3 heteroatoms. The van der Waals surface area contributed by atoms with Gasteiger partial charge in [0.25, 0.3) is 0 Å². The van der Waals surface area contributed by atoms with E-state index >= 15 is 0 Å². The van der Waals surface area contributed by atoms with Crippen LogP contribution in [0, 0.1) is 11.3 Å². The fraction of sp³-hybridized carbons (Fsp3) is 0.500. The number of halogens is 1. The van der Waals surface area contributed by atoms with Crippen molar-refractivity contribution < 1.29 is 4.79 Å². The molecule has 3 rings (SSSR count). The van der Waals surface area contributed by atoms with Crippen LogP contribution < -0.4 is 5.32 Å². The zero-order chi connectivity index (χ0) is 11.9. The summed E-state index contributed by atoms with van der Waals surface area (Å²) in [6.45, 7) is 2.11. The van der Waals surface area contributed by atoms with Gasteiger partial charge in [0, 0.05) is 16.5 Å². The van der Waals surface area contributed by atoms with Crippen molar-refractivity contribution in [2.45, 2.75) is 19.3 Å². The van der Waals surface area contributed by atoms with Crippen molar-refractivity contribution in [1.82, 2.24) is 5.32 Å². The van der Waals surface area contributed by atoms with E-state index < -0.39 is 0 Å². The van der Waals surface area contributed by atoms with E-state index in [4.69, 9.17) is 11.6 Å². The lowest BCUT2D eigenvalue weighted by Crippen LogP contribution is -2.30. The molecule has 0 aromatic heterocycles. The summed E-state index contributed by atoms with van der Waals surface area (Å²) in [6.07, 6.45) is 3.36. The molecule has 1 aliphatic carbocycles. The van der Waals surface area contributed by atoms with Crippen LogP contribution in [-0.4, -0.2) is 18.9 Å². The third-order valence-corrected chi connectivity index (χ3v) is 4.45. The Balaban J connectivity index is 1.76. The normalized spacial score (nSPS) is 25.8. The summed E-state index contributed by atoms with van der Waals surface area (Å²) in [6, 6.07) is 7.33. The molecule has 1 aromatic carbocycles. The van der Waals surface area contributed by atoms with Crippen LogP contribution >= 0.6 is 11.6 Å². The van der Waals surface area contributed by atoms with Crippen LogP contribution in [0.25, 0.3) is 0 Å². The number of ketones is 1. The Bertz CT molecular complexity index is 451. The first-order valence-electron chi connectivity index (χ1n) is 6.22. The molecule has 1 N–H and O–H groups in total. The predicted molar refractivity (Wildman–Crippen MR) is 68.4 cm³/mol. The highest BCUT2D eigenvalue weighted by Crippen LogP contribution is 2.59. The Kier molecular flexibility index (Phi) is 2.72. The number of hydrogen-bond donors (Lipinski definition) is 1. The summed E-state index contributed by atoms with van der Waals surface area (Å²) >= 11 is 5.93. The fourth-order valence-corrected chi connectivity index (χ4v) is 3.23. The van der Waals surface area contributed by atoms with Crippen molar-refractivity contribution in [3.05, 3.63) is 34.9 Å². The summed E-state index contributed by atoms with van der Waals surface area (Å²) in [5.74, 6) is 0.525. The van der Waals surface area contributed by atoms with Crippen LogP contribution in [0.2, 0.25) is 5.02 Å². The molecular weight excluding hydrogens is 234 g/mol. The van der Waals surface area contributed by atoms with Crippen LogP contribution in [-0.2, 0) is 0 Å². The van der Waals surface area contributed by atoms with Crippen LogP contribution in [0.3, 0.4) is 0 Å². The average Bonchev–Trinajstić information content (AvgIpc) is 3.03. The number of hydrogen-bond acceptors (Lipinski definition) is 2. The molecule has 0 bridgehead atoms. The van der Waals surface area contributed by atoms with Crippen molar-refractivity contribution >= 4 is 17.4 Å². The van der Waals surface area contributed by atoms with E-state index in [1.165, 1.54) is 0 Å². The Labute approximate surface area is 106 Å². The van der Waals surface area contributed by atoms with Crippen molar-refractivity contribution in [2.75, 3.05) is 13.1 Å². The van der Waals surface area contributed by atoms with E-state index in [9.17, 15) is 4.79 Å². The Morgan fingerprint density at radius 2 is 2.12 bits per heavy atom. The molecule has 1 atom stereocenters. The third-order valence-electron chi connectivity index (χ3n) is 4.21. The topological polar surface area (TPSA) is 29.1 Å². The SMILES string of the molecule is O=C(c1cccc(Cl)c1)C1CC12CCNCC2. The van der Waals surface area contributed by atoms with Crippen LogP contribution in [0.5, 0.6) is 0 Å². The highest BCUT2D eigenvalue weighted by Gasteiger charge is 2.57. The lowest BCUT2D eigenvalue weighted by molar-refractivity contribution is 0.0940. The lowest BCUT2D eigenvalue weighted by Gasteiger charge is -2.23. The largest absolute Gasteiger partial charge is 0.317 e. The van der Waals surface area contributed by atoms with Gasteiger partial charge in [0.1, 0.15) is 0 Å². The molecule has 17 heavy (non-hydrogen) atoms. The van der Waals surface area contributed by atoms with Crippen LogP contribution in [0.15, 0.2) is 24.3 Å². The van der Waals surface area contributed by atoms with E-state index in [1.807, 2.05) is 18.2 Å². The molecule has 1 saturated carbocycles. The van der Waals surface area contributed by atoms with Crippen LogP contribution in [0.1, 0.15) is 29.6 Å². The summed E-state index contributed by atoms with van der Waals surface area (Å²) < 4.78 is 0. The van der Waals surface area contributed by atoms with Gasteiger partial charge in [0.2, 0.25) is 0 Å². The first-order chi connectivity index (χ1) is 8.21. The zero-order valence-electron chi connectivity index (χ0n) is 9.71. The summed E-state index contributed by atoms with van der Waals surface area (Å²) in [5, 5.41) is 4.01. The van der Waals surface area contributed by atoms with Gasteiger partial charge in [0.05, 0.1) is 0 Å². The molecule has 1 saturated heterocycles. The average molecular weight is 250 g/mol. The van der Waals surface area contributed by atoms with Crippen molar-refractivity contribution in [1.29, 1.82) is 0 Å². The number of benzene rings is 1. The van der Waals surface area contributed by atoms with Gasteiger partial charge in [-0.3, -0.25) is 4.79 Å². The summed E-state index contributed by atoms with van der Waals surface area (Å²) in [7, 11) is 0. The molecule has 2 fully saturated rings. The maximum absolute atomic E-state index is 12.4. The molecule has 90 valence electrons. The Morgan fingerprint density at radius 3 is 2.82 bits per heavy atom. The maximum atomic E-state index is 12.4. The molecule has 1 unspecified atom stereocenters. The van der Waals surface area contributed by atoms with E-state index in [-0.39, 0.29) is 11.7 Å². The number of rotatable bonds is 2. The van der Waals surface area contributed by atoms with Crippen molar-refractivity contribution in [2.24, 2.45) is 11.3 Å². The monoisotopic (exact) mass is 249 g/mol. The minimum Gasteiger partial charge on any atom is -0.317 e. The Hall–Kier alpha value is -0.860. The molecule has 0 radical (unpaired) electrons. The van der Waals surface area contributed by atoms with Crippen molar-refractivity contribution in [3.63, 3.8) is 0 Å². The number of carbonyl (C=O) groups excluding carboxylic acids is 1. The van der Waals surface area contributed by atoms with Crippen molar-refractivity contribution in [3.8, 4) is 0 Å². The van der Waals surface area contributed by atoms with E-state index in [0.717, 1.165) is 37.9 Å². The van der Waals surface area contributed by atoms with Gasteiger partial charge in [-0.15, -0.1) is 0 Å². The molecule has 2 aliphatic rings. The van der Waals surface area contributed by atoms with E-state index in [0.29, 0.717) is 10.4 Å². The number of nitrogens with one attached hydrogen (secondary N) is 1. The predicted octanol–water partition coefficient (Wildman–Crippen LogP) is 2.91. The second-order valence-electron chi connectivity index (χ2n) is 5.24. The standard InChI is InChI=1S/C14H16ClNO/c15-11-3-1-2-10(8-11)13(17)12-9-14(12)4-6-16-7-5-14/h1-3,8,12,16H,4-7,9H2. The third kappa shape index (κ3) is 2.00. The fourth-order valence-electron chi connectivity index (χ4n) is 3.04. The van der Waals surface area contributed by atoms with Gasteiger partial charge in [0.15, 0.2) is 5.78 Å². The number of piperidine rings is 1. The van der Waals surface area contributed by atoms with Gasteiger partial charge >= 0.3 is 0 Å². The van der Waals surface area contributed by atoms with Gasteiger partial charge in [-0.05, 0) is 49.9 Å². The minimum atomic E-state index is 0.239. The van der Waals surface area contributed by atoms with Gasteiger partial charge in [-0.25, -0.2) is 0 Å². The van der Waals surface area contributed by atoms with E-state index in [1.54, 1.807) is 6.07 Å². The first kappa shape index (κ1) is 11.2. The second kappa shape index (κ2) is 4.11. The maximum Gasteiger partial charge on any atom is 0.166 e. The molecular formula is C14H16ClNO. The van der Waals surface area contributed by atoms with Gasteiger partial charge in [-0.2, -0.15) is 0 Å². The first-order valence-corrected chi connectivity index (χ1v) is 6.60. The zero-order valence-corrected chi connectivity index (χ0v) is 10.5. The number of carbonyl (C=O) groups is 1. The molecule has 1 aromatic rings. The molecule has 1 spiro atoms. The minimum absolute atomic E-state index is 0.239. The molecule has 2 nitrogen and oxygen atoms in total. The quantitative estimate of drug-likeness (QED) is 0.817.